The smallest absolute Gasteiger partial charge is 0.407 e. The number of carbonyl (C=O) groups excluding carboxylic acids is 1. The Kier molecular flexibility index (Phi) is 15.7. The number of likely N-dealkylation sites (tertiary alicyclic amines) is 2. The highest BCUT2D eigenvalue weighted by atomic mass is 16.6. The van der Waals surface area contributed by atoms with Gasteiger partial charge in [0, 0.05) is 48.7 Å². The van der Waals surface area contributed by atoms with Crippen molar-refractivity contribution in [1.29, 1.82) is 0 Å². The van der Waals surface area contributed by atoms with Crippen molar-refractivity contribution in [3.05, 3.63) is 145 Å². The first-order valence-corrected chi connectivity index (χ1v) is 24.6. The summed E-state index contributed by atoms with van der Waals surface area (Å²) in [6.45, 7) is 14.5. The Hall–Kier alpha value is -7.53. The Morgan fingerprint density at radius 1 is 0.592 bits per heavy atom. The number of nitrogens with one attached hydrogen (secondary N) is 3. The van der Waals surface area contributed by atoms with Gasteiger partial charge in [-0.3, -0.25) is 9.80 Å². The van der Waals surface area contributed by atoms with Crippen molar-refractivity contribution in [2.24, 2.45) is 5.73 Å². The molecule has 2 aliphatic rings. The summed E-state index contributed by atoms with van der Waals surface area (Å²) in [5.41, 5.74) is 14.5. The minimum Gasteiger partial charge on any atom is -0.492 e. The lowest BCUT2D eigenvalue weighted by atomic mass is 10.1. The fraction of sp³-hybridized carbons (Fsp3) is 0.327. The van der Waals surface area contributed by atoms with Crippen LogP contribution in [0.2, 0.25) is 0 Å². The van der Waals surface area contributed by atoms with Gasteiger partial charge in [-0.1, -0.05) is 48.5 Å². The van der Waals surface area contributed by atoms with E-state index in [4.69, 9.17) is 25.0 Å². The van der Waals surface area contributed by atoms with E-state index in [1.807, 2.05) is 151 Å². The highest BCUT2D eigenvalue weighted by molar-refractivity contribution is 5.69. The van der Waals surface area contributed by atoms with E-state index in [9.17, 15) is 4.79 Å². The van der Waals surface area contributed by atoms with Gasteiger partial charge >= 0.3 is 6.09 Å². The molecule has 0 spiro atoms. The van der Waals surface area contributed by atoms with Crippen LogP contribution in [-0.2, 0) is 17.8 Å². The molecule has 0 radical (unpaired) electrons. The van der Waals surface area contributed by atoms with Crippen molar-refractivity contribution in [2.45, 2.75) is 65.1 Å². The normalized spacial score (nSPS) is 14.0. The molecular formula is C55H64N12O4. The third kappa shape index (κ3) is 13.4. The summed E-state index contributed by atoms with van der Waals surface area (Å²) in [5, 5.41) is 18.8. The molecule has 2 fully saturated rings. The van der Waals surface area contributed by atoms with E-state index in [0.717, 1.165) is 87.5 Å². The standard InChI is InChI=1S/C30H36N6O3.C25H28N6O/c1-30(2,3)39-29(37)31-21-22-8-6-9-23(20-22)26-10-7-11-27-33-28(34-36(26)27)32-24-12-14-25(15-13-24)38-19-18-35-16-4-5-17-35;26-18-19-5-3-6-20(17-19)23-7-4-8-24-28-25(29-31(23)24)27-21-9-11-22(12-10-21)32-16-15-30-13-1-2-14-30/h6-15,20H,4-5,16-19,21H2,1-3H3,(H,31,37)(H,32,34);3-12,17H,1-2,13-16,18,26H2,(H,27,29). The Labute approximate surface area is 415 Å². The van der Waals surface area contributed by atoms with Gasteiger partial charge in [-0.2, -0.15) is 9.97 Å². The number of rotatable bonds is 17. The van der Waals surface area contributed by atoms with Crippen molar-refractivity contribution in [3.8, 4) is 34.0 Å². The predicted molar refractivity (Wildman–Crippen MR) is 280 cm³/mol. The van der Waals surface area contributed by atoms with E-state index in [1.54, 1.807) is 0 Å². The lowest BCUT2D eigenvalue weighted by Gasteiger charge is -2.19. The number of nitrogens with zero attached hydrogens (tertiary/aromatic N) is 8. The van der Waals surface area contributed by atoms with E-state index in [1.165, 1.54) is 51.9 Å². The zero-order chi connectivity index (χ0) is 49.0. The van der Waals surface area contributed by atoms with Gasteiger partial charge in [-0.05, 0) is 169 Å². The number of pyridine rings is 2. The number of carbonyl (C=O) groups is 1. The molecule has 0 atom stereocenters. The summed E-state index contributed by atoms with van der Waals surface area (Å²) in [6.07, 6.45) is 4.75. The van der Waals surface area contributed by atoms with Gasteiger partial charge < -0.3 is 35.9 Å². The van der Waals surface area contributed by atoms with Crippen LogP contribution in [0.3, 0.4) is 0 Å². The first-order chi connectivity index (χ1) is 34.6. The molecule has 0 unspecified atom stereocenters. The second-order valence-corrected chi connectivity index (χ2v) is 18.8. The summed E-state index contributed by atoms with van der Waals surface area (Å²) in [4.78, 5) is 26.2. The highest BCUT2D eigenvalue weighted by Crippen LogP contribution is 2.26. The second kappa shape index (κ2) is 22.9. The summed E-state index contributed by atoms with van der Waals surface area (Å²) in [5.74, 6) is 2.79. The van der Waals surface area contributed by atoms with E-state index in [2.05, 4.69) is 52.9 Å². The molecule has 0 bridgehead atoms. The van der Waals surface area contributed by atoms with Crippen molar-refractivity contribution < 1.29 is 19.0 Å². The van der Waals surface area contributed by atoms with Crippen LogP contribution in [-0.4, -0.2) is 103 Å². The molecule has 1 amide bonds. The molecule has 2 aliphatic heterocycles. The van der Waals surface area contributed by atoms with Crippen LogP contribution in [0.25, 0.3) is 33.8 Å². The number of ether oxygens (including phenoxy) is 3. The lowest BCUT2D eigenvalue weighted by Crippen LogP contribution is -2.32. The van der Waals surface area contributed by atoms with Crippen molar-refractivity contribution in [1.82, 2.24) is 44.3 Å². The number of hydrogen-bond acceptors (Lipinski definition) is 13. The van der Waals surface area contributed by atoms with Crippen molar-refractivity contribution in [2.75, 3.05) is 63.1 Å². The van der Waals surface area contributed by atoms with Gasteiger partial charge in [0.05, 0.1) is 11.4 Å². The van der Waals surface area contributed by atoms with Crippen LogP contribution >= 0.6 is 0 Å². The average molecular weight is 957 g/mol. The molecule has 4 aromatic heterocycles. The monoisotopic (exact) mass is 957 g/mol. The Morgan fingerprint density at radius 2 is 1.04 bits per heavy atom. The molecule has 8 aromatic rings. The Morgan fingerprint density at radius 3 is 1.51 bits per heavy atom. The van der Waals surface area contributed by atoms with Gasteiger partial charge in [-0.15, -0.1) is 10.2 Å². The average Bonchev–Trinajstić information content (AvgIpc) is 4.23. The largest absolute Gasteiger partial charge is 0.492 e. The summed E-state index contributed by atoms with van der Waals surface area (Å²) in [6, 6.07) is 43.8. The summed E-state index contributed by atoms with van der Waals surface area (Å²) in [7, 11) is 0. The van der Waals surface area contributed by atoms with E-state index in [0.29, 0.717) is 31.6 Å². The number of benzene rings is 4. The van der Waals surface area contributed by atoms with Gasteiger partial charge in [0.25, 0.3) is 0 Å². The Balaban J connectivity index is 0.000000179. The van der Waals surface area contributed by atoms with E-state index in [-0.39, 0.29) is 0 Å². The van der Waals surface area contributed by atoms with Gasteiger partial charge in [0.2, 0.25) is 11.9 Å². The minimum atomic E-state index is -0.538. The third-order valence-corrected chi connectivity index (χ3v) is 12.2. The molecule has 0 saturated carbocycles. The number of amides is 1. The third-order valence-electron chi connectivity index (χ3n) is 12.2. The van der Waals surface area contributed by atoms with Gasteiger partial charge in [-0.25, -0.2) is 13.8 Å². The van der Waals surface area contributed by atoms with Crippen molar-refractivity contribution >= 4 is 40.7 Å². The predicted octanol–water partition coefficient (Wildman–Crippen LogP) is 9.71. The Bertz CT molecular complexity index is 2990. The number of alkyl carbamates (subject to hydrolysis) is 1. The van der Waals surface area contributed by atoms with Crippen LogP contribution in [0.15, 0.2) is 133 Å². The molecule has 10 rings (SSSR count). The lowest BCUT2D eigenvalue weighted by molar-refractivity contribution is 0.0523. The number of nitrogens with two attached hydrogens (primary N) is 1. The summed E-state index contributed by atoms with van der Waals surface area (Å²) < 4.78 is 20.8. The minimum absolute atomic E-state index is 0.362. The fourth-order valence-corrected chi connectivity index (χ4v) is 8.66. The fourth-order valence-electron chi connectivity index (χ4n) is 8.66. The van der Waals surface area contributed by atoms with Crippen molar-refractivity contribution in [3.63, 3.8) is 0 Å². The second-order valence-electron chi connectivity index (χ2n) is 18.8. The van der Waals surface area contributed by atoms with Crippen LogP contribution < -0.4 is 31.2 Å². The quantitative estimate of drug-likeness (QED) is 0.0680. The topological polar surface area (TPSA) is 174 Å². The van der Waals surface area contributed by atoms with Crippen LogP contribution in [0, 0.1) is 0 Å². The molecule has 368 valence electrons. The van der Waals surface area contributed by atoms with Crippen LogP contribution in [0.5, 0.6) is 11.5 Å². The molecular weight excluding hydrogens is 893 g/mol. The molecule has 16 nitrogen and oxygen atoms in total. The number of hydrogen-bond donors (Lipinski definition) is 4. The molecule has 5 N–H and O–H groups in total. The molecule has 2 saturated heterocycles. The SMILES string of the molecule is CC(C)(C)OC(=O)NCc1cccc(-c2cccc3nc(Nc4ccc(OCCN5CCCC5)cc4)nn23)c1.NCc1cccc(-c2cccc3nc(Nc4ccc(OCCN5CCCC5)cc4)nn23)c1. The first-order valence-electron chi connectivity index (χ1n) is 24.6. The summed E-state index contributed by atoms with van der Waals surface area (Å²) >= 11 is 0. The first kappa shape index (κ1) is 48.5. The maximum atomic E-state index is 12.1. The molecule has 16 heteroatoms. The van der Waals surface area contributed by atoms with Gasteiger partial charge in [0.1, 0.15) is 30.3 Å². The maximum absolute atomic E-state index is 12.1. The molecule has 71 heavy (non-hydrogen) atoms. The highest BCUT2D eigenvalue weighted by Gasteiger charge is 2.17. The molecule has 4 aromatic carbocycles. The van der Waals surface area contributed by atoms with E-state index >= 15 is 0 Å². The zero-order valence-corrected chi connectivity index (χ0v) is 40.9. The van der Waals surface area contributed by atoms with Crippen LogP contribution in [0.1, 0.15) is 57.6 Å². The van der Waals surface area contributed by atoms with Gasteiger partial charge in [0.15, 0.2) is 11.3 Å². The maximum Gasteiger partial charge on any atom is 0.407 e. The molecule has 0 aliphatic carbocycles. The number of anilines is 4. The zero-order valence-electron chi connectivity index (χ0n) is 40.9. The van der Waals surface area contributed by atoms with Crippen LogP contribution in [0.4, 0.5) is 28.1 Å². The number of fused-ring (bicyclic) bond motifs is 2. The number of aromatic nitrogens is 6. The van der Waals surface area contributed by atoms with E-state index < -0.39 is 11.7 Å². The molecule has 6 heterocycles.